The van der Waals surface area contributed by atoms with Gasteiger partial charge in [0.1, 0.15) is 5.75 Å². The van der Waals surface area contributed by atoms with Crippen molar-refractivity contribution in [1.29, 1.82) is 0 Å². The summed E-state index contributed by atoms with van der Waals surface area (Å²) < 4.78 is 5.03. The van der Waals surface area contributed by atoms with Gasteiger partial charge in [0.15, 0.2) is 0 Å². The largest absolute Gasteiger partial charge is 0.496 e. The molecule has 3 heteroatoms. The fourth-order valence-electron chi connectivity index (χ4n) is 1.04. The monoisotopic (exact) mass is 178 g/mol. The summed E-state index contributed by atoms with van der Waals surface area (Å²) in [6.45, 7) is 3.91. The fourth-order valence-corrected chi connectivity index (χ4v) is 1.04. The number of ether oxygens (including phenoxy) is 1. The number of amides is 1. The highest BCUT2D eigenvalue weighted by Gasteiger charge is 2.08. The van der Waals surface area contributed by atoms with Crippen molar-refractivity contribution in [3.8, 4) is 5.75 Å². The summed E-state index contributed by atoms with van der Waals surface area (Å²) in [6, 6.07) is 7.07. The molecule has 1 aromatic rings. The van der Waals surface area contributed by atoms with E-state index >= 15 is 0 Å². The van der Waals surface area contributed by atoms with Crippen LogP contribution in [0.5, 0.6) is 5.75 Å². The van der Waals surface area contributed by atoms with Gasteiger partial charge in [-0.1, -0.05) is 12.1 Å². The average molecular weight is 178 g/mol. The number of hydrogen-bond donors (Lipinski definition) is 1. The Morgan fingerprint density at radius 2 is 2.23 bits per heavy atom. The zero-order chi connectivity index (χ0) is 9.68. The van der Waals surface area contributed by atoms with Gasteiger partial charge < -0.3 is 10.1 Å². The molecule has 1 rings (SSSR count). The van der Waals surface area contributed by atoms with Crippen LogP contribution in [0.3, 0.4) is 0 Å². The Bertz CT molecular complexity index is 297. The van der Waals surface area contributed by atoms with Crippen molar-refractivity contribution < 1.29 is 9.53 Å². The van der Waals surface area contributed by atoms with E-state index in [4.69, 9.17) is 4.74 Å². The number of hydrogen-bond acceptors (Lipinski definition) is 2. The van der Waals surface area contributed by atoms with Gasteiger partial charge in [-0.05, 0) is 19.1 Å². The first-order valence-corrected chi connectivity index (χ1v) is 4.00. The molecule has 0 unspecified atom stereocenters. The number of nitrogens with one attached hydrogen (secondary N) is 1. The lowest BCUT2D eigenvalue weighted by Gasteiger charge is -2.06. The minimum atomic E-state index is -0.160. The molecule has 0 spiro atoms. The van der Waals surface area contributed by atoms with Crippen molar-refractivity contribution in [3.63, 3.8) is 0 Å². The summed E-state index contributed by atoms with van der Waals surface area (Å²) >= 11 is 0. The zero-order valence-electron chi connectivity index (χ0n) is 7.54. The summed E-state index contributed by atoms with van der Waals surface area (Å²) in [5, 5.41) is 2.61. The molecule has 0 aromatic heterocycles. The van der Waals surface area contributed by atoms with Crippen LogP contribution >= 0.6 is 0 Å². The van der Waals surface area contributed by atoms with Gasteiger partial charge in [-0.25, -0.2) is 0 Å². The molecule has 13 heavy (non-hydrogen) atoms. The van der Waals surface area contributed by atoms with E-state index in [9.17, 15) is 4.79 Å². The van der Waals surface area contributed by atoms with Gasteiger partial charge in [0.25, 0.3) is 5.91 Å². The predicted molar refractivity (Wildman–Crippen MR) is 50.7 cm³/mol. The van der Waals surface area contributed by atoms with Crippen LogP contribution in [-0.4, -0.2) is 19.6 Å². The molecule has 0 saturated heterocycles. The number of benzene rings is 1. The molecule has 0 heterocycles. The van der Waals surface area contributed by atoms with Gasteiger partial charge in [-0.2, -0.15) is 0 Å². The highest BCUT2D eigenvalue weighted by Crippen LogP contribution is 2.16. The first-order chi connectivity index (χ1) is 6.29. The maximum absolute atomic E-state index is 11.4. The highest BCUT2D eigenvalue weighted by molar-refractivity contribution is 5.96. The van der Waals surface area contributed by atoms with Crippen LogP contribution in [0.1, 0.15) is 10.4 Å². The van der Waals surface area contributed by atoms with Gasteiger partial charge >= 0.3 is 0 Å². The maximum atomic E-state index is 11.4. The predicted octanol–water partition coefficient (Wildman–Crippen LogP) is 1.26. The molecule has 0 aliphatic carbocycles. The van der Waals surface area contributed by atoms with E-state index in [0.29, 0.717) is 17.9 Å². The SMILES string of the molecule is [CH2]CNC(=O)c1ccccc1OC. The third-order valence-electron chi connectivity index (χ3n) is 1.64. The first kappa shape index (κ1) is 9.58. The lowest BCUT2D eigenvalue weighted by molar-refractivity contribution is 0.0955. The summed E-state index contributed by atoms with van der Waals surface area (Å²) in [5.41, 5.74) is 0.536. The minimum Gasteiger partial charge on any atom is -0.496 e. The standard InChI is InChI=1S/C10H12NO2/c1-3-11-10(12)8-6-4-5-7-9(8)13-2/h4-7H,1,3H2,2H3,(H,11,12). The normalized spacial score (nSPS) is 9.38. The van der Waals surface area contributed by atoms with E-state index in [1.54, 1.807) is 18.2 Å². The molecule has 0 fully saturated rings. The molecule has 69 valence electrons. The first-order valence-electron chi connectivity index (χ1n) is 4.00. The molecule has 0 saturated carbocycles. The summed E-state index contributed by atoms with van der Waals surface area (Å²) in [7, 11) is 1.54. The van der Waals surface area contributed by atoms with Crippen molar-refractivity contribution >= 4 is 5.91 Å². The number of para-hydroxylation sites is 1. The number of methoxy groups -OCH3 is 1. The Morgan fingerprint density at radius 1 is 1.54 bits per heavy atom. The minimum absolute atomic E-state index is 0.160. The molecular formula is C10H12NO2. The number of rotatable bonds is 3. The second kappa shape index (κ2) is 4.50. The van der Waals surface area contributed by atoms with Crippen molar-refractivity contribution in [1.82, 2.24) is 5.32 Å². The van der Waals surface area contributed by atoms with E-state index in [1.165, 1.54) is 7.11 Å². The lowest BCUT2D eigenvalue weighted by atomic mass is 10.2. The van der Waals surface area contributed by atoms with Gasteiger partial charge in [-0.3, -0.25) is 4.79 Å². The third-order valence-corrected chi connectivity index (χ3v) is 1.64. The van der Waals surface area contributed by atoms with Gasteiger partial charge in [-0.15, -0.1) is 0 Å². The van der Waals surface area contributed by atoms with Crippen LogP contribution in [0.15, 0.2) is 24.3 Å². The molecule has 1 N–H and O–H groups in total. The second-order valence-electron chi connectivity index (χ2n) is 2.46. The molecule has 1 amide bonds. The summed E-state index contributed by atoms with van der Waals surface area (Å²) in [4.78, 5) is 11.4. The van der Waals surface area contributed by atoms with Crippen LogP contribution in [0.4, 0.5) is 0 Å². The molecule has 0 bridgehead atoms. The van der Waals surface area contributed by atoms with Crippen molar-refractivity contribution in [2.75, 3.05) is 13.7 Å². The lowest BCUT2D eigenvalue weighted by Crippen LogP contribution is -2.23. The Balaban J connectivity index is 2.92. The highest BCUT2D eigenvalue weighted by atomic mass is 16.5. The fraction of sp³-hybridized carbons (Fsp3) is 0.200. The van der Waals surface area contributed by atoms with Crippen molar-refractivity contribution in [2.24, 2.45) is 0 Å². The summed E-state index contributed by atoms with van der Waals surface area (Å²) in [5.74, 6) is 0.418. The van der Waals surface area contributed by atoms with Crippen LogP contribution in [-0.2, 0) is 0 Å². The zero-order valence-corrected chi connectivity index (χ0v) is 7.54. The second-order valence-corrected chi connectivity index (χ2v) is 2.46. The molecule has 1 aromatic carbocycles. The van der Waals surface area contributed by atoms with Gasteiger partial charge in [0, 0.05) is 6.54 Å². The van der Waals surface area contributed by atoms with E-state index in [2.05, 4.69) is 12.2 Å². The molecule has 3 nitrogen and oxygen atoms in total. The summed E-state index contributed by atoms with van der Waals surface area (Å²) in [6.07, 6.45) is 0. The number of carbonyl (C=O) groups is 1. The quantitative estimate of drug-likeness (QED) is 0.756. The Labute approximate surface area is 77.7 Å². The molecular weight excluding hydrogens is 166 g/mol. The van der Waals surface area contributed by atoms with Crippen LogP contribution in [0.2, 0.25) is 0 Å². The number of carbonyl (C=O) groups excluding carboxylic acids is 1. The van der Waals surface area contributed by atoms with Crippen LogP contribution in [0, 0.1) is 6.92 Å². The van der Waals surface area contributed by atoms with Gasteiger partial charge in [0.05, 0.1) is 12.7 Å². The molecule has 0 aliphatic heterocycles. The van der Waals surface area contributed by atoms with E-state index in [-0.39, 0.29) is 5.91 Å². The Hall–Kier alpha value is -1.51. The van der Waals surface area contributed by atoms with E-state index < -0.39 is 0 Å². The Morgan fingerprint density at radius 3 is 2.85 bits per heavy atom. The molecule has 0 aliphatic rings. The van der Waals surface area contributed by atoms with Crippen LogP contribution < -0.4 is 10.1 Å². The Kier molecular flexibility index (Phi) is 3.31. The smallest absolute Gasteiger partial charge is 0.255 e. The third kappa shape index (κ3) is 2.21. The van der Waals surface area contributed by atoms with Crippen LogP contribution in [0.25, 0.3) is 0 Å². The van der Waals surface area contributed by atoms with Crippen molar-refractivity contribution in [3.05, 3.63) is 36.8 Å². The molecule has 1 radical (unpaired) electrons. The van der Waals surface area contributed by atoms with E-state index in [1.807, 2.05) is 6.07 Å². The van der Waals surface area contributed by atoms with Crippen molar-refractivity contribution in [2.45, 2.75) is 0 Å². The van der Waals surface area contributed by atoms with E-state index in [0.717, 1.165) is 0 Å². The maximum Gasteiger partial charge on any atom is 0.255 e. The topological polar surface area (TPSA) is 38.3 Å². The average Bonchev–Trinajstić information content (AvgIpc) is 2.18. The van der Waals surface area contributed by atoms with Gasteiger partial charge in [0.2, 0.25) is 0 Å². The molecule has 0 atom stereocenters.